The van der Waals surface area contributed by atoms with Gasteiger partial charge in [0.15, 0.2) is 0 Å². The smallest absolute Gasteiger partial charge is 0.269 e. The third-order valence-corrected chi connectivity index (χ3v) is 15.5. The Labute approximate surface area is 452 Å². The molecule has 2 aliphatic heterocycles. The molecule has 7 nitrogen and oxygen atoms in total. The second-order valence-electron chi connectivity index (χ2n) is 21.3. The molecule has 5 heterocycles. The minimum atomic E-state index is -0.0863. The van der Waals surface area contributed by atoms with Crippen LogP contribution in [0.2, 0.25) is 0 Å². The highest BCUT2D eigenvalue weighted by molar-refractivity contribution is 6.98. The van der Waals surface area contributed by atoms with E-state index in [1.165, 1.54) is 5.56 Å². The van der Waals surface area contributed by atoms with Crippen LogP contribution in [0, 0.1) is 6.33 Å². The predicted octanol–water partition coefficient (Wildman–Crippen LogP) is 15.0. The maximum absolute atomic E-state index is 6.91. The number of ether oxygens (including phenoxy) is 3. The molecule has 0 atom stereocenters. The molecule has 13 aromatic rings. The third-order valence-electron chi connectivity index (χ3n) is 15.5. The molecule has 0 bridgehead atoms. The van der Waals surface area contributed by atoms with Gasteiger partial charge in [-0.1, -0.05) is 172 Å². The van der Waals surface area contributed by atoms with Gasteiger partial charge in [-0.3, -0.25) is 13.7 Å². The van der Waals surface area contributed by atoms with Crippen LogP contribution in [0.5, 0.6) is 34.5 Å². The van der Waals surface area contributed by atoms with Gasteiger partial charge in [-0.05, 0) is 134 Å². The molecular formula is C70H49BN4O3. The van der Waals surface area contributed by atoms with Crippen molar-refractivity contribution in [1.82, 2.24) is 14.1 Å². The number of pyridine rings is 1. The van der Waals surface area contributed by atoms with E-state index in [0.717, 1.165) is 123 Å². The van der Waals surface area contributed by atoms with Gasteiger partial charge in [0, 0.05) is 28.5 Å². The van der Waals surface area contributed by atoms with Gasteiger partial charge in [0.2, 0.25) is 0 Å². The van der Waals surface area contributed by atoms with Crippen LogP contribution in [0.15, 0.2) is 243 Å². The molecule has 370 valence electrons. The van der Waals surface area contributed by atoms with E-state index < -0.39 is 0 Å². The summed E-state index contributed by atoms with van der Waals surface area (Å²) in [7, 11) is 0. The van der Waals surface area contributed by atoms with Crippen molar-refractivity contribution in [2.45, 2.75) is 26.2 Å². The summed E-state index contributed by atoms with van der Waals surface area (Å²) in [5.74, 6) is 5.59. The number of hydrogen-bond donors (Lipinski definition) is 0. The highest BCUT2D eigenvalue weighted by Gasteiger charge is 2.40. The summed E-state index contributed by atoms with van der Waals surface area (Å²) in [5, 5.41) is 2.17. The molecule has 0 unspecified atom stereocenters. The molecule has 10 aromatic carbocycles. The molecule has 0 saturated carbocycles. The van der Waals surface area contributed by atoms with E-state index in [1.54, 1.807) is 0 Å². The van der Waals surface area contributed by atoms with Crippen molar-refractivity contribution < 1.29 is 18.8 Å². The van der Waals surface area contributed by atoms with Crippen LogP contribution in [0.25, 0.3) is 83.4 Å². The molecular weight excluding hydrogens is 956 g/mol. The zero-order valence-electron chi connectivity index (χ0n) is 43.2. The highest BCUT2D eigenvalue weighted by Crippen LogP contribution is 2.42. The van der Waals surface area contributed by atoms with E-state index in [2.05, 4.69) is 253 Å². The lowest BCUT2D eigenvalue weighted by Crippen LogP contribution is -2.57. The average molecular weight is 1000 g/mol. The first-order valence-corrected chi connectivity index (χ1v) is 26.5. The van der Waals surface area contributed by atoms with Gasteiger partial charge in [0.1, 0.15) is 40.3 Å². The Bertz CT molecular complexity index is 4410. The molecule has 0 fully saturated rings. The summed E-state index contributed by atoms with van der Waals surface area (Å²) in [6.07, 6.45) is 5.74. The Morgan fingerprint density at radius 3 is 1.83 bits per heavy atom. The molecule has 78 heavy (non-hydrogen) atoms. The predicted molar refractivity (Wildman–Crippen MR) is 315 cm³/mol. The number of hydrogen-bond acceptors (Lipinski definition) is 4. The van der Waals surface area contributed by atoms with Crippen molar-refractivity contribution >= 4 is 55.9 Å². The number of fused-ring (bicyclic) bond motifs is 8. The number of benzene rings is 10. The largest absolute Gasteiger partial charge is 0.458 e. The van der Waals surface area contributed by atoms with Gasteiger partial charge in [0.25, 0.3) is 13.0 Å². The van der Waals surface area contributed by atoms with Crippen LogP contribution in [0.4, 0.5) is 0 Å². The maximum atomic E-state index is 6.91. The number of para-hydroxylation sites is 5. The van der Waals surface area contributed by atoms with Gasteiger partial charge >= 0.3 is 0 Å². The fraction of sp³-hybridized carbons (Fsp3) is 0.0571. The number of nitrogens with zero attached hydrogens (tertiary/aromatic N) is 4. The number of rotatable bonds is 8. The Hall–Kier alpha value is -9.92. The van der Waals surface area contributed by atoms with Gasteiger partial charge in [-0.25, -0.2) is 4.98 Å². The molecule has 2 aliphatic rings. The normalized spacial score (nSPS) is 12.5. The maximum Gasteiger partial charge on any atom is 0.269 e. The van der Waals surface area contributed by atoms with Crippen molar-refractivity contribution in [3.05, 3.63) is 255 Å². The van der Waals surface area contributed by atoms with Gasteiger partial charge < -0.3 is 14.2 Å². The van der Waals surface area contributed by atoms with E-state index in [1.807, 2.05) is 30.5 Å². The summed E-state index contributed by atoms with van der Waals surface area (Å²) in [4.78, 5) is 5.03. The summed E-state index contributed by atoms with van der Waals surface area (Å²) in [6, 6.07) is 83.0. The molecule has 3 aromatic heterocycles. The Morgan fingerprint density at radius 2 is 1.13 bits per heavy atom. The lowest BCUT2D eigenvalue weighted by Gasteiger charge is -2.33. The van der Waals surface area contributed by atoms with Crippen molar-refractivity contribution in [1.29, 1.82) is 0 Å². The van der Waals surface area contributed by atoms with Gasteiger partial charge in [-0.15, -0.1) is 0 Å². The van der Waals surface area contributed by atoms with Crippen LogP contribution >= 0.6 is 0 Å². The Balaban J connectivity index is 0.838. The molecule has 0 saturated heterocycles. The standard InChI is InChI=1S/C70H49BN4O3/c1-70(2,3)49-36-37-72-67(41-49)75-59-35-32-47(48-39-65-68-66(40-48)78-64-31-15-11-27-58(64)71(68)57-26-10-14-30-63(57)77-65)38-56(59)55-34-33-52(43-62(55)75)76-51-23-16-22-50(42-51)73-44-74(61-29-13-12-28-60(61)73)69-53(45-18-6-4-7-19-45)24-17-25-54(69)46-20-8-5-9-21-46/h4-43H,1-3H3. The molecule has 0 amide bonds. The minimum absolute atomic E-state index is 0.00987. The first kappa shape index (κ1) is 45.5. The van der Waals surface area contributed by atoms with Gasteiger partial charge in [0.05, 0.1) is 33.4 Å². The average Bonchev–Trinajstić information content (AvgIpc) is 3.99. The SMILES string of the molecule is CC(C)(C)c1ccnc(-n2c3ccc(-c4cc5c6c(c4)Oc4ccccc4B6c4ccccc4O5)cc3c3ccc(Oc4cccc(-n5[c-][n+](-c6c(-c7ccccc7)cccc6-c6ccccc6)c6ccccc65)c4)cc32)c1. The minimum Gasteiger partial charge on any atom is -0.458 e. The topological polar surface area (TPSA) is 54.3 Å². The molecule has 15 rings (SSSR count). The van der Waals surface area contributed by atoms with Crippen LogP contribution in [0.3, 0.4) is 0 Å². The monoisotopic (exact) mass is 1000 g/mol. The molecule has 0 radical (unpaired) electrons. The van der Waals surface area contributed by atoms with E-state index in [0.29, 0.717) is 11.5 Å². The molecule has 8 heteroatoms. The zero-order valence-corrected chi connectivity index (χ0v) is 43.2. The highest BCUT2D eigenvalue weighted by atomic mass is 16.5. The van der Waals surface area contributed by atoms with Crippen LogP contribution in [-0.4, -0.2) is 20.8 Å². The second-order valence-corrected chi connectivity index (χ2v) is 21.3. The summed E-state index contributed by atoms with van der Waals surface area (Å²) in [6.45, 7) is 6.73. The van der Waals surface area contributed by atoms with Gasteiger partial charge in [-0.2, -0.15) is 0 Å². The lowest BCUT2D eigenvalue weighted by atomic mass is 9.35. The first-order chi connectivity index (χ1) is 38.3. The van der Waals surface area contributed by atoms with E-state index >= 15 is 0 Å². The van der Waals surface area contributed by atoms with Crippen molar-refractivity contribution in [3.63, 3.8) is 0 Å². The number of aromatic nitrogens is 4. The van der Waals surface area contributed by atoms with E-state index in [-0.39, 0.29) is 12.1 Å². The first-order valence-electron chi connectivity index (χ1n) is 26.5. The fourth-order valence-corrected chi connectivity index (χ4v) is 11.8. The van der Waals surface area contributed by atoms with E-state index in [4.69, 9.17) is 19.2 Å². The summed E-state index contributed by atoms with van der Waals surface area (Å²) >= 11 is 0. The summed E-state index contributed by atoms with van der Waals surface area (Å²) < 4.78 is 27.0. The van der Waals surface area contributed by atoms with Crippen LogP contribution < -0.4 is 35.2 Å². The second kappa shape index (κ2) is 17.9. The fourth-order valence-electron chi connectivity index (χ4n) is 11.8. The molecule has 0 aliphatic carbocycles. The molecule has 0 spiro atoms. The lowest BCUT2D eigenvalue weighted by molar-refractivity contribution is -0.571. The van der Waals surface area contributed by atoms with Crippen LogP contribution in [0.1, 0.15) is 26.3 Å². The molecule has 0 N–H and O–H groups in total. The van der Waals surface area contributed by atoms with Crippen LogP contribution in [-0.2, 0) is 5.41 Å². The Morgan fingerprint density at radius 1 is 0.487 bits per heavy atom. The summed E-state index contributed by atoms with van der Waals surface area (Å²) in [5.41, 5.74) is 17.0. The number of imidazole rings is 1. The third kappa shape index (κ3) is 7.51. The van der Waals surface area contributed by atoms with Crippen molar-refractivity contribution in [3.8, 4) is 85.1 Å². The van der Waals surface area contributed by atoms with E-state index in [9.17, 15) is 0 Å². The quantitative estimate of drug-likeness (QED) is 0.0865. The van der Waals surface area contributed by atoms with Crippen molar-refractivity contribution in [2.75, 3.05) is 0 Å². The van der Waals surface area contributed by atoms with Crippen molar-refractivity contribution in [2.24, 2.45) is 0 Å². The Kier molecular flexibility index (Phi) is 10.4. The zero-order chi connectivity index (χ0) is 52.1.